The minimum atomic E-state index is -0.145. The van der Waals surface area contributed by atoms with Gasteiger partial charge in [0.15, 0.2) is 17.3 Å². The number of hydrogen-bond donors (Lipinski definition) is 1. The zero-order valence-corrected chi connectivity index (χ0v) is 14.5. The Bertz CT molecular complexity index is 894. The predicted octanol–water partition coefficient (Wildman–Crippen LogP) is 2.29. The molecule has 3 aromatic rings. The lowest BCUT2D eigenvalue weighted by atomic mass is 10.2. The average Bonchev–Trinajstić information content (AvgIpc) is 3.08. The van der Waals surface area contributed by atoms with Crippen molar-refractivity contribution in [3.05, 3.63) is 48.5 Å². The normalized spacial score (nSPS) is 10.4. The molecule has 1 N–H and O–H groups in total. The van der Waals surface area contributed by atoms with E-state index in [-0.39, 0.29) is 18.9 Å². The molecule has 26 heavy (non-hydrogen) atoms. The topological polar surface area (TPSA) is 91.2 Å². The average molecular weight is 353 g/mol. The third-order valence-corrected chi connectivity index (χ3v) is 3.68. The first kappa shape index (κ1) is 17.4. The maximum absolute atomic E-state index is 12.2. The summed E-state index contributed by atoms with van der Waals surface area (Å²) in [4.78, 5) is 12.2. The quantitative estimate of drug-likeness (QED) is 0.701. The van der Waals surface area contributed by atoms with Crippen LogP contribution >= 0.6 is 0 Å². The minimum Gasteiger partial charge on any atom is -0.493 e. The fraction of sp³-hybridized carbons (Fsp3) is 0.222. The Morgan fingerprint density at radius 2 is 1.96 bits per heavy atom. The van der Waals surface area contributed by atoms with Crippen molar-refractivity contribution >= 4 is 11.6 Å². The zero-order chi connectivity index (χ0) is 18.4. The van der Waals surface area contributed by atoms with Crippen molar-refractivity contribution in [3.63, 3.8) is 0 Å². The molecule has 1 aromatic heterocycles. The van der Waals surface area contributed by atoms with Gasteiger partial charge in [-0.2, -0.15) is 0 Å². The lowest BCUT2D eigenvalue weighted by Gasteiger charge is -2.10. The Morgan fingerprint density at radius 1 is 1.15 bits per heavy atom. The molecule has 134 valence electrons. The molecule has 0 atom stereocenters. The molecule has 0 spiro atoms. The van der Waals surface area contributed by atoms with E-state index in [1.807, 2.05) is 42.5 Å². The third kappa shape index (κ3) is 4.15. The van der Waals surface area contributed by atoms with Gasteiger partial charge in [0, 0.05) is 18.3 Å². The summed E-state index contributed by atoms with van der Waals surface area (Å²) >= 11 is 0. The van der Waals surface area contributed by atoms with Crippen molar-refractivity contribution in [3.8, 4) is 22.9 Å². The van der Waals surface area contributed by atoms with Crippen molar-refractivity contribution < 1.29 is 14.3 Å². The van der Waals surface area contributed by atoms with Crippen molar-refractivity contribution in [1.82, 2.24) is 20.2 Å². The second-order valence-corrected chi connectivity index (χ2v) is 5.50. The van der Waals surface area contributed by atoms with Crippen LogP contribution in [0.2, 0.25) is 0 Å². The lowest BCUT2D eigenvalue weighted by Crippen LogP contribution is -2.15. The largest absolute Gasteiger partial charge is 0.493 e. The Kier molecular flexibility index (Phi) is 5.43. The van der Waals surface area contributed by atoms with Gasteiger partial charge in [-0.25, -0.2) is 4.68 Å². The monoisotopic (exact) mass is 353 g/mol. The Balaban J connectivity index is 1.56. The molecule has 0 aliphatic carbocycles. The molecule has 0 radical (unpaired) electrons. The standard InChI is InChI=1S/C18H19N5O3/c1-23-18(20-21-22-23)13-6-5-7-14(12-13)19-17(24)10-11-26-16-9-4-3-8-15(16)25-2/h3-9,12H,10-11H2,1-2H3,(H,19,24). The molecular formula is C18H19N5O3. The minimum absolute atomic E-state index is 0.145. The van der Waals surface area contributed by atoms with Gasteiger partial charge in [-0.3, -0.25) is 4.79 Å². The van der Waals surface area contributed by atoms with Crippen LogP contribution in [-0.4, -0.2) is 39.8 Å². The summed E-state index contributed by atoms with van der Waals surface area (Å²) in [5, 5.41) is 14.2. The van der Waals surface area contributed by atoms with Gasteiger partial charge in [0.05, 0.1) is 20.1 Å². The number of tetrazole rings is 1. The Hall–Kier alpha value is -3.42. The fourth-order valence-corrected chi connectivity index (χ4v) is 2.43. The van der Waals surface area contributed by atoms with E-state index < -0.39 is 0 Å². The van der Waals surface area contributed by atoms with Gasteiger partial charge in [-0.15, -0.1) is 5.10 Å². The highest BCUT2D eigenvalue weighted by molar-refractivity contribution is 5.91. The number of nitrogens with zero attached hydrogens (tertiary/aromatic N) is 4. The van der Waals surface area contributed by atoms with E-state index >= 15 is 0 Å². The van der Waals surface area contributed by atoms with Crippen LogP contribution in [0.25, 0.3) is 11.4 Å². The second-order valence-electron chi connectivity index (χ2n) is 5.50. The van der Waals surface area contributed by atoms with Gasteiger partial charge in [0.1, 0.15) is 0 Å². The summed E-state index contributed by atoms with van der Waals surface area (Å²) in [5.41, 5.74) is 1.49. The Labute approximate surface area is 150 Å². The molecule has 0 fully saturated rings. The highest BCUT2D eigenvalue weighted by Crippen LogP contribution is 2.25. The highest BCUT2D eigenvalue weighted by atomic mass is 16.5. The van der Waals surface area contributed by atoms with Gasteiger partial charge >= 0.3 is 0 Å². The van der Waals surface area contributed by atoms with E-state index in [1.165, 1.54) is 0 Å². The number of amides is 1. The maximum atomic E-state index is 12.2. The van der Waals surface area contributed by atoms with Crippen LogP contribution in [0.15, 0.2) is 48.5 Å². The lowest BCUT2D eigenvalue weighted by molar-refractivity contribution is -0.116. The van der Waals surface area contributed by atoms with E-state index in [9.17, 15) is 4.79 Å². The smallest absolute Gasteiger partial charge is 0.227 e. The molecule has 8 heteroatoms. The number of ether oxygens (including phenoxy) is 2. The molecule has 8 nitrogen and oxygen atoms in total. The fourth-order valence-electron chi connectivity index (χ4n) is 2.43. The first-order chi connectivity index (χ1) is 12.7. The van der Waals surface area contributed by atoms with Crippen LogP contribution in [0.3, 0.4) is 0 Å². The van der Waals surface area contributed by atoms with E-state index in [1.54, 1.807) is 24.9 Å². The Morgan fingerprint density at radius 3 is 2.69 bits per heavy atom. The van der Waals surface area contributed by atoms with Crippen molar-refractivity contribution in [2.24, 2.45) is 7.05 Å². The molecule has 0 bridgehead atoms. The molecule has 0 aliphatic rings. The molecule has 1 heterocycles. The van der Waals surface area contributed by atoms with Crippen LogP contribution in [0.4, 0.5) is 5.69 Å². The molecule has 0 unspecified atom stereocenters. The zero-order valence-electron chi connectivity index (χ0n) is 14.5. The number of rotatable bonds is 7. The van der Waals surface area contributed by atoms with Crippen LogP contribution in [0.5, 0.6) is 11.5 Å². The van der Waals surface area contributed by atoms with Crippen molar-refractivity contribution in [1.29, 1.82) is 0 Å². The molecular weight excluding hydrogens is 334 g/mol. The number of para-hydroxylation sites is 2. The number of nitrogens with one attached hydrogen (secondary N) is 1. The number of anilines is 1. The summed E-state index contributed by atoms with van der Waals surface area (Å²) in [6, 6.07) is 14.7. The number of aromatic nitrogens is 4. The number of hydrogen-bond acceptors (Lipinski definition) is 6. The summed E-state index contributed by atoms with van der Waals surface area (Å²) in [6.45, 7) is 0.249. The highest BCUT2D eigenvalue weighted by Gasteiger charge is 2.09. The SMILES string of the molecule is COc1ccccc1OCCC(=O)Nc1cccc(-c2nnnn2C)c1. The summed E-state index contributed by atoms with van der Waals surface area (Å²) in [7, 11) is 3.34. The predicted molar refractivity (Wildman–Crippen MR) is 96.0 cm³/mol. The van der Waals surface area contributed by atoms with Crippen molar-refractivity contribution in [2.45, 2.75) is 6.42 Å². The molecule has 2 aromatic carbocycles. The first-order valence-corrected chi connectivity index (χ1v) is 8.06. The van der Waals surface area contributed by atoms with Crippen LogP contribution in [0, 0.1) is 0 Å². The molecule has 0 saturated heterocycles. The molecule has 0 saturated carbocycles. The van der Waals surface area contributed by atoms with E-state index in [4.69, 9.17) is 9.47 Å². The molecule has 1 amide bonds. The van der Waals surface area contributed by atoms with Crippen LogP contribution in [-0.2, 0) is 11.8 Å². The van der Waals surface area contributed by atoms with Crippen molar-refractivity contribution in [2.75, 3.05) is 19.0 Å². The summed E-state index contributed by atoms with van der Waals surface area (Å²) in [6.07, 6.45) is 0.216. The maximum Gasteiger partial charge on any atom is 0.227 e. The van der Waals surface area contributed by atoms with Gasteiger partial charge in [-0.1, -0.05) is 24.3 Å². The van der Waals surface area contributed by atoms with Crippen LogP contribution < -0.4 is 14.8 Å². The summed E-state index contributed by atoms with van der Waals surface area (Å²) < 4.78 is 12.4. The number of aryl methyl sites for hydroxylation is 1. The number of benzene rings is 2. The van der Waals surface area contributed by atoms with E-state index in [2.05, 4.69) is 20.8 Å². The summed E-state index contributed by atoms with van der Waals surface area (Å²) in [5.74, 6) is 1.73. The van der Waals surface area contributed by atoms with E-state index in [0.29, 0.717) is 23.0 Å². The second kappa shape index (κ2) is 8.11. The van der Waals surface area contributed by atoms with Gasteiger partial charge in [0.25, 0.3) is 0 Å². The number of carbonyl (C=O) groups is 1. The van der Waals surface area contributed by atoms with Gasteiger partial charge in [0.2, 0.25) is 5.91 Å². The first-order valence-electron chi connectivity index (χ1n) is 8.06. The van der Waals surface area contributed by atoms with Gasteiger partial charge < -0.3 is 14.8 Å². The van der Waals surface area contributed by atoms with Gasteiger partial charge in [-0.05, 0) is 34.7 Å². The number of methoxy groups -OCH3 is 1. The van der Waals surface area contributed by atoms with E-state index in [0.717, 1.165) is 5.56 Å². The van der Waals surface area contributed by atoms with Crippen LogP contribution in [0.1, 0.15) is 6.42 Å². The third-order valence-electron chi connectivity index (χ3n) is 3.68. The number of carbonyl (C=O) groups excluding carboxylic acids is 1. The molecule has 3 rings (SSSR count). The molecule has 0 aliphatic heterocycles.